The zero-order valence-corrected chi connectivity index (χ0v) is 12.2. The van der Waals surface area contributed by atoms with Crippen LogP contribution in [0.4, 0.5) is 5.69 Å². The number of hydrogen-bond donors (Lipinski definition) is 1. The second-order valence-electron chi connectivity index (χ2n) is 6.65. The van der Waals surface area contributed by atoms with Crippen molar-refractivity contribution in [3.05, 3.63) is 29.3 Å². The first kappa shape index (κ1) is 13.0. The molecule has 2 aliphatic carbocycles. The summed E-state index contributed by atoms with van der Waals surface area (Å²) in [7, 11) is 2.23. The van der Waals surface area contributed by atoms with Gasteiger partial charge in [-0.05, 0) is 55.6 Å². The van der Waals surface area contributed by atoms with Gasteiger partial charge in [0, 0.05) is 25.8 Å². The molecule has 0 radical (unpaired) electrons. The molecule has 2 fully saturated rings. The maximum atomic E-state index is 5.90. The molecule has 104 valence electrons. The van der Waals surface area contributed by atoms with E-state index in [0.717, 1.165) is 17.8 Å². The van der Waals surface area contributed by atoms with E-state index in [1.165, 1.54) is 49.0 Å². The Balaban J connectivity index is 1.71. The number of fused-ring (bicyclic) bond motifs is 2. The van der Waals surface area contributed by atoms with Gasteiger partial charge in [-0.15, -0.1) is 0 Å². The summed E-state index contributed by atoms with van der Waals surface area (Å²) in [6.07, 6.45) is 5.92. The van der Waals surface area contributed by atoms with E-state index in [2.05, 4.69) is 37.1 Å². The van der Waals surface area contributed by atoms with Gasteiger partial charge in [-0.1, -0.05) is 24.1 Å². The second kappa shape index (κ2) is 5.16. The van der Waals surface area contributed by atoms with Gasteiger partial charge in [0.1, 0.15) is 0 Å². The van der Waals surface area contributed by atoms with Crippen molar-refractivity contribution in [2.45, 2.75) is 39.2 Å². The topological polar surface area (TPSA) is 29.3 Å². The number of benzene rings is 1. The fourth-order valence-corrected chi connectivity index (χ4v) is 4.30. The van der Waals surface area contributed by atoms with Crippen molar-refractivity contribution >= 4 is 5.69 Å². The minimum atomic E-state index is 0.637. The van der Waals surface area contributed by atoms with Crippen LogP contribution in [0.15, 0.2) is 18.2 Å². The van der Waals surface area contributed by atoms with E-state index < -0.39 is 0 Å². The molecule has 2 N–H and O–H groups in total. The normalized spacial score (nSPS) is 28.9. The molecule has 3 atom stereocenters. The highest BCUT2D eigenvalue weighted by molar-refractivity contribution is 5.54. The monoisotopic (exact) mass is 258 g/mol. The van der Waals surface area contributed by atoms with Crippen LogP contribution in [0, 0.1) is 24.7 Å². The van der Waals surface area contributed by atoms with E-state index >= 15 is 0 Å². The Hall–Kier alpha value is -1.02. The maximum Gasteiger partial charge on any atom is 0.0409 e. The Bertz CT molecular complexity index is 455. The van der Waals surface area contributed by atoms with Crippen molar-refractivity contribution in [2.24, 2.45) is 23.5 Å². The van der Waals surface area contributed by atoms with Gasteiger partial charge in [0.25, 0.3) is 0 Å². The molecular formula is C17H26N2. The third kappa shape index (κ3) is 2.51. The summed E-state index contributed by atoms with van der Waals surface area (Å²) >= 11 is 0. The summed E-state index contributed by atoms with van der Waals surface area (Å²) in [6, 6.07) is 6.67. The number of anilines is 1. The van der Waals surface area contributed by atoms with E-state index in [9.17, 15) is 0 Å². The highest BCUT2D eigenvalue weighted by Crippen LogP contribution is 2.48. The Morgan fingerprint density at radius 3 is 2.74 bits per heavy atom. The van der Waals surface area contributed by atoms with Crippen LogP contribution in [-0.2, 0) is 6.54 Å². The average molecular weight is 258 g/mol. The highest BCUT2D eigenvalue weighted by Gasteiger charge is 2.39. The van der Waals surface area contributed by atoms with Gasteiger partial charge < -0.3 is 10.6 Å². The highest BCUT2D eigenvalue weighted by atomic mass is 15.1. The summed E-state index contributed by atoms with van der Waals surface area (Å²) in [6.45, 7) is 3.98. The fourth-order valence-electron chi connectivity index (χ4n) is 4.30. The van der Waals surface area contributed by atoms with E-state index in [0.29, 0.717) is 6.54 Å². The molecule has 3 rings (SSSR count). The molecule has 0 aromatic heterocycles. The zero-order valence-electron chi connectivity index (χ0n) is 12.2. The quantitative estimate of drug-likeness (QED) is 0.897. The molecule has 19 heavy (non-hydrogen) atoms. The van der Waals surface area contributed by atoms with Crippen molar-refractivity contribution in [3.63, 3.8) is 0 Å². The Kier molecular flexibility index (Phi) is 3.53. The summed E-state index contributed by atoms with van der Waals surface area (Å²) in [5, 5.41) is 0. The van der Waals surface area contributed by atoms with Crippen LogP contribution in [0.25, 0.3) is 0 Å². The molecule has 3 unspecified atom stereocenters. The van der Waals surface area contributed by atoms with Crippen molar-refractivity contribution < 1.29 is 0 Å². The molecule has 0 aliphatic heterocycles. The third-order valence-corrected chi connectivity index (χ3v) is 5.26. The molecule has 2 aliphatic rings. The van der Waals surface area contributed by atoms with E-state index in [4.69, 9.17) is 5.73 Å². The Morgan fingerprint density at radius 1 is 1.26 bits per heavy atom. The molecule has 1 aromatic carbocycles. The van der Waals surface area contributed by atoms with E-state index in [-0.39, 0.29) is 0 Å². The molecule has 2 nitrogen and oxygen atoms in total. The summed E-state index contributed by atoms with van der Waals surface area (Å²) in [5.41, 5.74) is 9.82. The second-order valence-corrected chi connectivity index (χ2v) is 6.65. The lowest BCUT2D eigenvalue weighted by Crippen LogP contribution is -2.29. The number of aryl methyl sites for hydroxylation is 1. The number of rotatable bonds is 4. The van der Waals surface area contributed by atoms with Crippen LogP contribution >= 0.6 is 0 Å². The lowest BCUT2D eigenvalue weighted by molar-refractivity contribution is 0.337. The summed E-state index contributed by atoms with van der Waals surface area (Å²) < 4.78 is 0. The molecule has 1 aromatic rings. The van der Waals surface area contributed by atoms with Crippen molar-refractivity contribution in [3.8, 4) is 0 Å². The largest absolute Gasteiger partial charge is 0.374 e. The van der Waals surface area contributed by atoms with E-state index in [1.54, 1.807) is 0 Å². The Morgan fingerprint density at radius 2 is 2.11 bits per heavy atom. The Labute approximate surface area is 117 Å². The third-order valence-electron chi connectivity index (χ3n) is 5.26. The van der Waals surface area contributed by atoms with Gasteiger partial charge in [-0.2, -0.15) is 0 Å². The van der Waals surface area contributed by atoms with Crippen molar-refractivity contribution in [1.82, 2.24) is 0 Å². The first-order valence-corrected chi connectivity index (χ1v) is 7.68. The maximum absolute atomic E-state index is 5.90. The van der Waals surface area contributed by atoms with Crippen LogP contribution < -0.4 is 10.6 Å². The molecule has 0 heterocycles. The molecule has 2 bridgehead atoms. The first-order valence-electron chi connectivity index (χ1n) is 7.68. The van der Waals surface area contributed by atoms with Crippen LogP contribution in [0.3, 0.4) is 0 Å². The van der Waals surface area contributed by atoms with Gasteiger partial charge in [0.05, 0.1) is 0 Å². The molecular weight excluding hydrogens is 232 g/mol. The lowest BCUT2D eigenvalue weighted by Gasteiger charge is -2.30. The van der Waals surface area contributed by atoms with Crippen molar-refractivity contribution in [1.29, 1.82) is 0 Å². The standard InChI is InChI=1S/C17H26N2/c1-12-3-6-17(15(7-12)10-18)19(2)11-16-9-13-4-5-14(16)8-13/h3,6-7,13-14,16H,4-5,8-11,18H2,1-2H3. The molecule has 0 spiro atoms. The predicted octanol–water partition coefficient (Wildman–Crippen LogP) is 3.33. The van der Waals surface area contributed by atoms with Crippen molar-refractivity contribution in [2.75, 3.05) is 18.5 Å². The molecule has 0 amide bonds. The lowest BCUT2D eigenvalue weighted by atomic mass is 9.88. The average Bonchev–Trinajstić information content (AvgIpc) is 3.00. The zero-order chi connectivity index (χ0) is 13.4. The smallest absolute Gasteiger partial charge is 0.0409 e. The van der Waals surface area contributed by atoms with Gasteiger partial charge >= 0.3 is 0 Å². The predicted molar refractivity (Wildman–Crippen MR) is 81.3 cm³/mol. The first-order chi connectivity index (χ1) is 9.17. The van der Waals surface area contributed by atoms with Crippen LogP contribution in [0.5, 0.6) is 0 Å². The van der Waals surface area contributed by atoms with Crippen LogP contribution in [0.2, 0.25) is 0 Å². The van der Waals surface area contributed by atoms with Gasteiger partial charge in [-0.3, -0.25) is 0 Å². The molecule has 2 saturated carbocycles. The molecule has 0 saturated heterocycles. The fraction of sp³-hybridized carbons (Fsp3) is 0.647. The summed E-state index contributed by atoms with van der Waals surface area (Å²) in [4.78, 5) is 2.44. The van der Waals surface area contributed by atoms with Crippen LogP contribution in [-0.4, -0.2) is 13.6 Å². The minimum Gasteiger partial charge on any atom is -0.374 e. The summed E-state index contributed by atoms with van der Waals surface area (Å²) in [5.74, 6) is 2.95. The minimum absolute atomic E-state index is 0.637. The SMILES string of the molecule is Cc1ccc(N(C)CC2CC3CCC2C3)c(CN)c1. The van der Waals surface area contributed by atoms with Gasteiger partial charge in [-0.25, -0.2) is 0 Å². The van der Waals surface area contributed by atoms with Gasteiger partial charge in [0.2, 0.25) is 0 Å². The molecule has 2 heteroatoms. The van der Waals surface area contributed by atoms with E-state index in [1.807, 2.05) is 0 Å². The number of nitrogens with two attached hydrogens (primary N) is 1. The number of hydrogen-bond acceptors (Lipinski definition) is 2. The number of nitrogens with zero attached hydrogens (tertiary/aromatic N) is 1. The van der Waals surface area contributed by atoms with Gasteiger partial charge in [0.15, 0.2) is 0 Å². The van der Waals surface area contributed by atoms with Crippen LogP contribution in [0.1, 0.15) is 36.8 Å².